The number of hydrogen-bond acceptors (Lipinski definition) is 4. The summed E-state index contributed by atoms with van der Waals surface area (Å²) in [4.78, 5) is 36.2. The Morgan fingerprint density at radius 1 is 1.03 bits per heavy atom. The molecule has 1 aliphatic rings. The summed E-state index contributed by atoms with van der Waals surface area (Å²) in [6, 6.07) is 18.6. The first kappa shape index (κ1) is 21.7. The Labute approximate surface area is 188 Å². The van der Waals surface area contributed by atoms with Crippen LogP contribution >= 0.6 is 0 Å². The van der Waals surface area contributed by atoms with Gasteiger partial charge in [0.2, 0.25) is 5.91 Å². The Hall–Kier alpha value is -3.54. The van der Waals surface area contributed by atoms with Crippen LogP contribution in [0.15, 0.2) is 73.2 Å². The third-order valence-electron chi connectivity index (χ3n) is 6.07. The van der Waals surface area contributed by atoms with Crippen molar-refractivity contribution in [2.24, 2.45) is 5.41 Å². The van der Waals surface area contributed by atoms with E-state index in [4.69, 9.17) is 0 Å². The molecule has 1 unspecified atom stereocenters. The number of rotatable bonds is 6. The molecule has 6 heteroatoms. The predicted octanol–water partition coefficient (Wildman–Crippen LogP) is 3.74. The van der Waals surface area contributed by atoms with E-state index in [0.29, 0.717) is 31.7 Å². The lowest BCUT2D eigenvalue weighted by atomic mass is 9.74. The van der Waals surface area contributed by atoms with Crippen molar-refractivity contribution in [2.75, 3.05) is 19.6 Å². The number of nitrogens with zero attached hydrogens (tertiary/aromatic N) is 3. The van der Waals surface area contributed by atoms with Crippen LogP contribution in [0.5, 0.6) is 0 Å². The van der Waals surface area contributed by atoms with Crippen molar-refractivity contribution >= 4 is 11.8 Å². The summed E-state index contributed by atoms with van der Waals surface area (Å²) in [5.74, 6) is -0.172. The molecule has 0 radical (unpaired) electrons. The number of nitrogens with one attached hydrogen (secondary N) is 1. The highest BCUT2D eigenvalue weighted by atomic mass is 16.2. The number of aromatic nitrogens is 2. The molecule has 2 amide bonds. The van der Waals surface area contributed by atoms with Gasteiger partial charge < -0.3 is 10.2 Å². The number of carbonyl (C=O) groups is 2. The average Bonchev–Trinajstić information content (AvgIpc) is 2.85. The minimum Gasteiger partial charge on any atom is -0.356 e. The average molecular weight is 429 g/mol. The first-order valence-corrected chi connectivity index (χ1v) is 11.1. The van der Waals surface area contributed by atoms with E-state index < -0.39 is 5.41 Å². The number of likely N-dealkylation sites (tertiary alicyclic amines) is 1. The van der Waals surface area contributed by atoms with Gasteiger partial charge in [0, 0.05) is 32.0 Å². The maximum Gasteiger partial charge on any atom is 0.274 e. The molecule has 3 aromatic rings. The van der Waals surface area contributed by atoms with Gasteiger partial charge in [0.1, 0.15) is 5.69 Å². The van der Waals surface area contributed by atoms with Crippen LogP contribution in [0.25, 0.3) is 11.1 Å². The zero-order valence-corrected chi connectivity index (χ0v) is 18.3. The number of benzene rings is 2. The molecule has 164 valence electrons. The Kier molecular flexibility index (Phi) is 6.59. The molecule has 1 atom stereocenters. The van der Waals surface area contributed by atoms with E-state index in [-0.39, 0.29) is 11.8 Å². The van der Waals surface area contributed by atoms with Gasteiger partial charge in [-0.05, 0) is 42.9 Å². The second-order valence-corrected chi connectivity index (χ2v) is 8.30. The second-order valence-electron chi connectivity index (χ2n) is 8.30. The molecular weight excluding hydrogens is 400 g/mol. The molecule has 0 spiro atoms. The topological polar surface area (TPSA) is 75.2 Å². The van der Waals surface area contributed by atoms with Gasteiger partial charge in [-0.2, -0.15) is 0 Å². The van der Waals surface area contributed by atoms with Gasteiger partial charge in [-0.15, -0.1) is 0 Å². The van der Waals surface area contributed by atoms with E-state index in [1.807, 2.05) is 25.1 Å². The third-order valence-corrected chi connectivity index (χ3v) is 6.07. The smallest absolute Gasteiger partial charge is 0.274 e. The fraction of sp³-hybridized carbons (Fsp3) is 0.308. The molecule has 1 fully saturated rings. The molecule has 32 heavy (non-hydrogen) atoms. The fourth-order valence-corrected chi connectivity index (χ4v) is 4.47. The Morgan fingerprint density at radius 2 is 1.78 bits per heavy atom. The number of hydrogen-bond donors (Lipinski definition) is 1. The maximum absolute atomic E-state index is 13.2. The van der Waals surface area contributed by atoms with E-state index in [1.165, 1.54) is 12.4 Å². The summed E-state index contributed by atoms with van der Waals surface area (Å²) in [5.41, 5.74) is 3.04. The van der Waals surface area contributed by atoms with Crippen LogP contribution in [0.2, 0.25) is 0 Å². The minimum absolute atomic E-state index is 0.00350. The summed E-state index contributed by atoms with van der Waals surface area (Å²) < 4.78 is 0. The van der Waals surface area contributed by atoms with E-state index in [1.54, 1.807) is 11.1 Å². The molecule has 1 aliphatic heterocycles. The molecule has 1 N–H and O–H groups in total. The summed E-state index contributed by atoms with van der Waals surface area (Å²) in [5, 5.41) is 3.01. The van der Waals surface area contributed by atoms with Crippen LogP contribution in [0, 0.1) is 5.41 Å². The van der Waals surface area contributed by atoms with Crippen LogP contribution in [0.4, 0.5) is 0 Å². The molecule has 1 saturated heterocycles. The zero-order chi connectivity index (χ0) is 22.4. The lowest BCUT2D eigenvalue weighted by Gasteiger charge is -2.41. The standard InChI is InChI=1S/C26H28N4O2/c1-2-28-25(32)26(13-6-16-30(19-26)24(31)23-18-27-14-15-29-23)17-20-9-11-22(12-10-20)21-7-4-3-5-8-21/h3-5,7-12,14-15,18H,2,6,13,16-17,19H2,1H3,(H,28,32). The van der Waals surface area contributed by atoms with E-state index >= 15 is 0 Å². The monoisotopic (exact) mass is 428 g/mol. The molecule has 0 bridgehead atoms. The first-order valence-electron chi connectivity index (χ1n) is 11.1. The maximum atomic E-state index is 13.2. The molecule has 2 aromatic carbocycles. The van der Waals surface area contributed by atoms with Gasteiger partial charge >= 0.3 is 0 Å². The van der Waals surface area contributed by atoms with Gasteiger partial charge in [0.25, 0.3) is 5.91 Å². The number of amides is 2. The molecule has 0 aliphatic carbocycles. The van der Waals surface area contributed by atoms with Crippen molar-refractivity contribution < 1.29 is 9.59 Å². The van der Waals surface area contributed by atoms with Crippen LogP contribution in [0.1, 0.15) is 35.8 Å². The minimum atomic E-state index is -0.666. The Balaban J connectivity index is 1.57. The second kappa shape index (κ2) is 9.73. The Bertz CT molecular complexity index is 1050. The number of piperidine rings is 1. The van der Waals surface area contributed by atoms with Crippen LogP contribution in [-0.2, 0) is 11.2 Å². The predicted molar refractivity (Wildman–Crippen MR) is 124 cm³/mol. The van der Waals surface area contributed by atoms with Crippen LogP contribution in [0.3, 0.4) is 0 Å². The van der Waals surface area contributed by atoms with E-state index in [9.17, 15) is 9.59 Å². The number of carbonyl (C=O) groups excluding carboxylic acids is 2. The van der Waals surface area contributed by atoms with Crippen molar-refractivity contribution in [2.45, 2.75) is 26.2 Å². The highest BCUT2D eigenvalue weighted by molar-refractivity contribution is 5.93. The van der Waals surface area contributed by atoms with Crippen molar-refractivity contribution in [3.63, 3.8) is 0 Å². The highest BCUT2D eigenvalue weighted by Crippen LogP contribution is 2.35. The van der Waals surface area contributed by atoms with Crippen LogP contribution < -0.4 is 5.32 Å². The van der Waals surface area contributed by atoms with Gasteiger partial charge in [-0.3, -0.25) is 14.6 Å². The normalized spacial score (nSPS) is 18.2. The Morgan fingerprint density at radius 3 is 2.47 bits per heavy atom. The highest BCUT2D eigenvalue weighted by Gasteiger charge is 2.43. The van der Waals surface area contributed by atoms with Gasteiger partial charge in [0.15, 0.2) is 0 Å². The first-order chi connectivity index (χ1) is 15.6. The van der Waals surface area contributed by atoms with Gasteiger partial charge in [-0.25, -0.2) is 4.98 Å². The van der Waals surface area contributed by atoms with Crippen molar-refractivity contribution in [1.82, 2.24) is 20.2 Å². The van der Waals surface area contributed by atoms with Crippen molar-refractivity contribution in [3.05, 3.63) is 84.4 Å². The van der Waals surface area contributed by atoms with E-state index in [0.717, 1.165) is 29.5 Å². The lowest BCUT2D eigenvalue weighted by molar-refractivity contribution is -0.133. The molecule has 1 aromatic heterocycles. The summed E-state index contributed by atoms with van der Waals surface area (Å²) in [6.45, 7) is 3.47. The SMILES string of the molecule is CCNC(=O)C1(Cc2ccc(-c3ccccc3)cc2)CCCN(C(=O)c2cnccn2)C1. The summed E-state index contributed by atoms with van der Waals surface area (Å²) in [7, 11) is 0. The van der Waals surface area contributed by atoms with E-state index in [2.05, 4.69) is 51.7 Å². The molecule has 0 saturated carbocycles. The van der Waals surface area contributed by atoms with Crippen molar-refractivity contribution in [1.29, 1.82) is 0 Å². The molecular formula is C26H28N4O2. The lowest BCUT2D eigenvalue weighted by Crippen LogP contribution is -2.54. The van der Waals surface area contributed by atoms with Gasteiger partial charge in [0.05, 0.1) is 11.6 Å². The molecule has 2 heterocycles. The molecule has 6 nitrogen and oxygen atoms in total. The van der Waals surface area contributed by atoms with Crippen LogP contribution in [-0.4, -0.2) is 46.3 Å². The molecule has 4 rings (SSSR count). The summed E-state index contributed by atoms with van der Waals surface area (Å²) >= 11 is 0. The zero-order valence-electron chi connectivity index (χ0n) is 18.3. The quantitative estimate of drug-likeness (QED) is 0.649. The summed E-state index contributed by atoms with van der Waals surface area (Å²) in [6.07, 6.45) is 6.63. The fourth-order valence-electron chi connectivity index (χ4n) is 4.47. The third kappa shape index (κ3) is 4.69. The largest absolute Gasteiger partial charge is 0.356 e. The van der Waals surface area contributed by atoms with Crippen molar-refractivity contribution in [3.8, 4) is 11.1 Å². The van der Waals surface area contributed by atoms with Gasteiger partial charge in [-0.1, -0.05) is 54.6 Å².